The maximum atomic E-state index is 5.09. The molecule has 0 atom stereocenters. The molecule has 1 aliphatic carbocycles. The first-order valence-electron chi connectivity index (χ1n) is 21.9. The SMILES string of the molecule is CCCCCCCCC1(CCCCCCCC)c2ccccc2-c2ccc(-c3ccc(-c4nc(-c5ccc(-c6ccccc6)cc5)nc(C(C)(C)C)n4)cn3)cc21. The van der Waals surface area contributed by atoms with E-state index in [0.717, 1.165) is 22.6 Å². The van der Waals surface area contributed by atoms with Gasteiger partial charge in [0.1, 0.15) is 5.82 Å². The Balaban J connectivity index is 1.19. The molecule has 2 aromatic heterocycles. The van der Waals surface area contributed by atoms with Gasteiger partial charge in [0.25, 0.3) is 0 Å². The van der Waals surface area contributed by atoms with Gasteiger partial charge < -0.3 is 0 Å². The molecule has 0 spiro atoms. The van der Waals surface area contributed by atoms with Crippen molar-refractivity contribution in [2.45, 2.75) is 135 Å². The summed E-state index contributed by atoms with van der Waals surface area (Å²) in [5.74, 6) is 2.10. The minimum Gasteiger partial charge on any atom is -0.255 e. The standard InChI is InChI=1S/C53H62N4/c1-6-8-10-12-14-21-35-53(36-22-15-13-11-9-7-2)46-26-20-19-25-44(46)45-33-31-42(37-47(45)53)48-34-32-43(38-54-48)50-55-49(56-51(57-50)52(3,4)5)41-29-27-40(28-30-41)39-23-17-16-18-24-39/h16-20,23-34,37-38H,6-15,21-22,35-36H2,1-5H3. The third-order valence-electron chi connectivity index (χ3n) is 12.1. The average molecular weight is 755 g/mol. The summed E-state index contributed by atoms with van der Waals surface area (Å²) in [4.78, 5) is 20.1. The summed E-state index contributed by atoms with van der Waals surface area (Å²) >= 11 is 0. The molecule has 0 radical (unpaired) electrons. The second-order valence-corrected chi connectivity index (χ2v) is 17.4. The van der Waals surface area contributed by atoms with E-state index in [9.17, 15) is 0 Å². The molecule has 0 unspecified atom stereocenters. The Hall–Kier alpha value is -4.96. The largest absolute Gasteiger partial charge is 0.255 e. The number of hydrogen-bond acceptors (Lipinski definition) is 4. The molecule has 2 heterocycles. The molecule has 1 aliphatic rings. The molecular formula is C53H62N4. The maximum Gasteiger partial charge on any atom is 0.165 e. The van der Waals surface area contributed by atoms with Crippen LogP contribution < -0.4 is 0 Å². The summed E-state index contributed by atoms with van der Waals surface area (Å²) in [6, 6.07) is 39.7. The summed E-state index contributed by atoms with van der Waals surface area (Å²) in [5, 5.41) is 0. The third kappa shape index (κ3) is 9.27. The van der Waals surface area contributed by atoms with E-state index in [4.69, 9.17) is 19.9 Å². The monoisotopic (exact) mass is 754 g/mol. The lowest BCUT2D eigenvalue weighted by molar-refractivity contribution is 0.398. The van der Waals surface area contributed by atoms with Crippen LogP contribution in [0.5, 0.6) is 0 Å². The number of rotatable bonds is 18. The van der Waals surface area contributed by atoms with Gasteiger partial charge in [-0.1, -0.05) is 203 Å². The van der Waals surface area contributed by atoms with Gasteiger partial charge in [0.15, 0.2) is 11.6 Å². The molecule has 0 bridgehead atoms. The van der Waals surface area contributed by atoms with Crippen molar-refractivity contribution in [3.05, 3.63) is 132 Å². The quantitative estimate of drug-likeness (QED) is 0.0820. The van der Waals surface area contributed by atoms with Gasteiger partial charge in [0, 0.05) is 33.7 Å². The molecule has 0 amide bonds. The highest BCUT2D eigenvalue weighted by atomic mass is 15.0. The van der Waals surface area contributed by atoms with Crippen LogP contribution in [0.2, 0.25) is 0 Å². The second-order valence-electron chi connectivity index (χ2n) is 17.4. The fourth-order valence-electron chi connectivity index (χ4n) is 8.80. The fourth-order valence-corrected chi connectivity index (χ4v) is 8.80. The van der Waals surface area contributed by atoms with Crippen LogP contribution in [0, 0.1) is 0 Å². The molecule has 4 heteroatoms. The van der Waals surface area contributed by atoms with Crippen molar-refractivity contribution in [2.75, 3.05) is 0 Å². The zero-order valence-electron chi connectivity index (χ0n) is 35.2. The number of fused-ring (bicyclic) bond motifs is 3. The van der Waals surface area contributed by atoms with Gasteiger partial charge in [0.05, 0.1) is 5.69 Å². The molecule has 4 nitrogen and oxygen atoms in total. The Labute approximate surface area is 342 Å². The van der Waals surface area contributed by atoms with Crippen LogP contribution in [-0.2, 0) is 10.8 Å². The lowest BCUT2D eigenvalue weighted by Gasteiger charge is -2.33. The Bertz CT molecular complexity index is 2180. The van der Waals surface area contributed by atoms with Crippen LogP contribution in [0.1, 0.15) is 141 Å². The zero-order valence-corrected chi connectivity index (χ0v) is 35.2. The van der Waals surface area contributed by atoms with E-state index in [1.807, 2.05) is 12.3 Å². The minimum absolute atomic E-state index is 0.0430. The maximum absolute atomic E-state index is 5.09. The summed E-state index contributed by atoms with van der Waals surface area (Å²) < 4.78 is 0. The minimum atomic E-state index is -0.247. The second kappa shape index (κ2) is 18.5. The Morgan fingerprint density at radius 3 is 1.61 bits per heavy atom. The number of nitrogens with zero attached hydrogens (tertiary/aromatic N) is 4. The van der Waals surface area contributed by atoms with Crippen LogP contribution in [0.15, 0.2) is 115 Å². The lowest BCUT2D eigenvalue weighted by atomic mass is 9.70. The van der Waals surface area contributed by atoms with Crippen molar-refractivity contribution in [1.82, 2.24) is 19.9 Å². The molecule has 0 N–H and O–H groups in total. The third-order valence-corrected chi connectivity index (χ3v) is 12.1. The van der Waals surface area contributed by atoms with Crippen LogP contribution in [0.25, 0.3) is 56.3 Å². The fraction of sp³-hybridized carbons (Fsp3) is 0.396. The molecule has 0 saturated heterocycles. The van der Waals surface area contributed by atoms with Crippen molar-refractivity contribution in [3.63, 3.8) is 0 Å². The summed E-state index contributed by atoms with van der Waals surface area (Å²) in [6.07, 6.45) is 20.2. The van der Waals surface area contributed by atoms with Gasteiger partial charge in [-0.05, 0) is 64.4 Å². The molecule has 57 heavy (non-hydrogen) atoms. The predicted octanol–water partition coefficient (Wildman–Crippen LogP) is 15.0. The van der Waals surface area contributed by atoms with E-state index < -0.39 is 0 Å². The van der Waals surface area contributed by atoms with E-state index >= 15 is 0 Å². The molecule has 4 aromatic carbocycles. The van der Waals surface area contributed by atoms with Crippen molar-refractivity contribution < 1.29 is 0 Å². The van der Waals surface area contributed by atoms with Crippen molar-refractivity contribution in [1.29, 1.82) is 0 Å². The molecule has 0 fully saturated rings. The van der Waals surface area contributed by atoms with Gasteiger partial charge in [-0.15, -0.1) is 0 Å². The summed E-state index contributed by atoms with van der Waals surface area (Å²) in [5.41, 5.74) is 12.0. The molecule has 6 aromatic rings. The van der Waals surface area contributed by atoms with Gasteiger partial charge in [-0.3, -0.25) is 4.98 Å². The normalized spacial score (nSPS) is 13.1. The lowest BCUT2D eigenvalue weighted by Crippen LogP contribution is -2.25. The van der Waals surface area contributed by atoms with E-state index in [2.05, 4.69) is 138 Å². The van der Waals surface area contributed by atoms with E-state index in [1.165, 1.54) is 129 Å². The topological polar surface area (TPSA) is 51.6 Å². The van der Waals surface area contributed by atoms with Crippen LogP contribution in [-0.4, -0.2) is 19.9 Å². The molecule has 294 valence electrons. The molecule has 0 saturated carbocycles. The zero-order chi connectivity index (χ0) is 39.7. The Morgan fingerprint density at radius 1 is 0.456 bits per heavy atom. The number of unbranched alkanes of at least 4 members (excludes halogenated alkanes) is 10. The van der Waals surface area contributed by atoms with Gasteiger partial charge in [-0.25, -0.2) is 15.0 Å². The van der Waals surface area contributed by atoms with Crippen molar-refractivity contribution in [3.8, 4) is 56.3 Å². The Morgan fingerprint density at radius 2 is 0.982 bits per heavy atom. The predicted molar refractivity (Wildman–Crippen MR) is 240 cm³/mol. The average Bonchev–Trinajstić information content (AvgIpc) is 3.52. The van der Waals surface area contributed by atoms with E-state index in [0.29, 0.717) is 11.6 Å². The number of benzene rings is 4. The summed E-state index contributed by atoms with van der Waals surface area (Å²) in [6.45, 7) is 11.1. The smallest absolute Gasteiger partial charge is 0.165 e. The highest BCUT2D eigenvalue weighted by molar-refractivity contribution is 5.83. The van der Waals surface area contributed by atoms with Crippen LogP contribution in [0.3, 0.4) is 0 Å². The van der Waals surface area contributed by atoms with Crippen molar-refractivity contribution >= 4 is 0 Å². The molecule has 0 aliphatic heterocycles. The highest BCUT2D eigenvalue weighted by Gasteiger charge is 2.42. The first-order valence-corrected chi connectivity index (χ1v) is 21.9. The first-order chi connectivity index (χ1) is 27.8. The van der Waals surface area contributed by atoms with Crippen LogP contribution >= 0.6 is 0 Å². The number of hydrogen-bond donors (Lipinski definition) is 0. The van der Waals surface area contributed by atoms with Crippen molar-refractivity contribution in [2.24, 2.45) is 0 Å². The van der Waals surface area contributed by atoms with Gasteiger partial charge >= 0.3 is 0 Å². The number of aromatic nitrogens is 4. The van der Waals surface area contributed by atoms with E-state index in [1.54, 1.807) is 0 Å². The molecule has 7 rings (SSSR count). The van der Waals surface area contributed by atoms with Gasteiger partial charge in [0.2, 0.25) is 0 Å². The van der Waals surface area contributed by atoms with Gasteiger partial charge in [-0.2, -0.15) is 0 Å². The van der Waals surface area contributed by atoms with Crippen LogP contribution in [0.4, 0.5) is 0 Å². The number of pyridine rings is 1. The summed E-state index contributed by atoms with van der Waals surface area (Å²) in [7, 11) is 0. The highest BCUT2D eigenvalue weighted by Crippen LogP contribution is 2.55. The first kappa shape index (κ1) is 40.2. The Kier molecular flexibility index (Phi) is 13.1. The van der Waals surface area contributed by atoms with E-state index in [-0.39, 0.29) is 10.8 Å². The molecular weight excluding hydrogens is 693 g/mol.